The fraction of sp³-hybridized carbons (Fsp3) is 0. The van der Waals surface area contributed by atoms with E-state index in [1.807, 2.05) is 0 Å². The molecular weight excluding hydrogens is 206 g/mol. The zero-order valence-corrected chi connectivity index (χ0v) is 7.75. The molecule has 7 heteroatoms. The summed E-state index contributed by atoms with van der Waals surface area (Å²) >= 11 is 0. The number of benzene rings is 1. The maximum atomic E-state index is 11.1. The van der Waals surface area contributed by atoms with E-state index >= 15 is 0 Å². The molecule has 74 valence electrons. The van der Waals surface area contributed by atoms with Crippen LogP contribution in [0, 0.1) is 0 Å². The first-order chi connectivity index (χ1) is 6.49. The number of rotatable bonds is 0. The Morgan fingerprint density at radius 3 is 2.86 bits per heavy atom. The summed E-state index contributed by atoms with van der Waals surface area (Å²) in [6, 6.07) is 4.41. The van der Waals surface area contributed by atoms with Gasteiger partial charge in [0.15, 0.2) is 5.84 Å². The van der Waals surface area contributed by atoms with E-state index in [2.05, 4.69) is 9.12 Å². The molecule has 0 aliphatic carbocycles. The van der Waals surface area contributed by atoms with Gasteiger partial charge in [-0.1, -0.05) is 6.07 Å². The molecule has 0 saturated carbocycles. The first-order valence-electron chi connectivity index (χ1n) is 3.70. The molecule has 0 fully saturated rings. The lowest BCUT2D eigenvalue weighted by Crippen LogP contribution is -2.26. The molecule has 2 rings (SSSR count). The fourth-order valence-corrected chi connectivity index (χ4v) is 2.08. The second-order valence-corrected chi connectivity index (χ2v) is 4.09. The number of phenols is 1. The second kappa shape index (κ2) is 2.61. The van der Waals surface area contributed by atoms with Crippen molar-refractivity contribution in [2.75, 3.05) is 4.72 Å². The zero-order valence-electron chi connectivity index (χ0n) is 6.93. The van der Waals surface area contributed by atoms with Gasteiger partial charge >= 0.3 is 10.2 Å². The van der Waals surface area contributed by atoms with Gasteiger partial charge in [0.2, 0.25) is 0 Å². The lowest BCUT2D eigenvalue weighted by molar-refractivity contribution is 0.474. The van der Waals surface area contributed by atoms with Crippen molar-refractivity contribution in [2.24, 2.45) is 10.1 Å². The molecule has 1 aliphatic rings. The van der Waals surface area contributed by atoms with Gasteiger partial charge in [-0.3, -0.25) is 4.72 Å². The van der Waals surface area contributed by atoms with Crippen molar-refractivity contribution in [1.29, 1.82) is 0 Å². The van der Waals surface area contributed by atoms with E-state index in [-0.39, 0.29) is 22.8 Å². The molecule has 0 spiro atoms. The number of aromatic hydroxyl groups is 1. The number of nitrogens with two attached hydrogens (primary N) is 1. The zero-order chi connectivity index (χ0) is 10.3. The fourth-order valence-electron chi connectivity index (χ4n) is 1.23. The van der Waals surface area contributed by atoms with E-state index in [0.29, 0.717) is 0 Å². The highest BCUT2D eigenvalue weighted by Gasteiger charge is 2.22. The Morgan fingerprint density at radius 2 is 2.14 bits per heavy atom. The summed E-state index contributed by atoms with van der Waals surface area (Å²) in [7, 11) is -3.76. The Kier molecular flexibility index (Phi) is 1.65. The lowest BCUT2D eigenvalue weighted by atomic mass is 10.1. The van der Waals surface area contributed by atoms with Crippen LogP contribution in [0.1, 0.15) is 5.56 Å². The van der Waals surface area contributed by atoms with E-state index in [1.54, 1.807) is 0 Å². The maximum absolute atomic E-state index is 11.1. The van der Waals surface area contributed by atoms with Gasteiger partial charge in [0.05, 0.1) is 11.3 Å². The first-order valence-corrected chi connectivity index (χ1v) is 5.14. The summed E-state index contributed by atoms with van der Waals surface area (Å²) in [5, 5.41) is 9.40. The van der Waals surface area contributed by atoms with Crippen LogP contribution >= 0.6 is 0 Å². The molecule has 4 N–H and O–H groups in total. The van der Waals surface area contributed by atoms with E-state index in [1.165, 1.54) is 18.2 Å². The third kappa shape index (κ3) is 1.27. The molecule has 0 aromatic heterocycles. The third-order valence-electron chi connectivity index (χ3n) is 1.76. The minimum Gasteiger partial charge on any atom is -0.507 e. The summed E-state index contributed by atoms with van der Waals surface area (Å²) in [6.07, 6.45) is 0. The SMILES string of the molecule is NC1=NS(=O)(=O)Nc2cccc(O)c21. The molecular formula is C7H7N3O3S. The van der Waals surface area contributed by atoms with Gasteiger partial charge in [-0.2, -0.15) is 8.42 Å². The highest BCUT2D eigenvalue weighted by Crippen LogP contribution is 2.28. The Labute approximate surface area is 80.3 Å². The summed E-state index contributed by atoms with van der Waals surface area (Å²) < 4.78 is 27.5. The van der Waals surface area contributed by atoms with Crippen LogP contribution in [0.4, 0.5) is 5.69 Å². The molecule has 0 bridgehead atoms. The van der Waals surface area contributed by atoms with E-state index in [4.69, 9.17) is 5.73 Å². The van der Waals surface area contributed by atoms with E-state index in [9.17, 15) is 13.5 Å². The summed E-state index contributed by atoms with van der Waals surface area (Å²) in [6.45, 7) is 0. The number of hydrogen-bond donors (Lipinski definition) is 3. The number of anilines is 1. The van der Waals surface area contributed by atoms with Crippen LogP contribution in [0.25, 0.3) is 0 Å². The number of amidine groups is 1. The predicted molar refractivity (Wildman–Crippen MR) is 51.4 cm³/mol. The van der Waals surface area contributed by atoms with Gasteiger partial charge in [0.25, 0.3) is 0 Å². The van der Waals surface area contributed by atoms with Gasteiger partial charge in [-0.05, 0) is 12.1 Å². The average Bonchev–Trinajstić information content (AvgIpc) is 2.00. The molecule has 0 radical (unpaired) electrons. The van der Waals surface area contributed by atoms with Crippen LogP contribution in [0.15, 0.2) is 22.6 Å². The smallest absolute Gasteiger partial charge is 0.344 e. The minimum absolute atomic E-state index is 0.105. The molecule has 0 saturated heterocycles. The highest BCUT2D eigenvalue weighted by molar-refractivity contribution is 7.91. The molecule has 0 amide bonds. The van der Waals surface area contributed by atoms with Gasteiger partial charge < -0.3 is 10.8 Å². The number of hydrogen-bond acceptors (Lipinski definition) is 4. The second-order valence-electron chi connectivity index (χ2n) is 2.75. The molecule has 0 atom stereocenters. The molecule has 14 heavy (non-hydrogen) atoms. The van der Waals surface area contributed by atoms with Gasteiger partial charge in [-0.25, -0.2) is 0 Å². The van der Waals surface area contributed by atoms with Crippen molar-refractivity contribution in [3.8, 4) is 5.75 Å². The number of nitrogens with zero attached hydrogens (tertiary/aromatic N) is 1. The highest BCUT2D eigenvalue weighted by atomic mass is 32.2. The largest absolute Gasteiger partial charge is 0.507 e. The maximum Gasteiger partial charge on any atom is 0.344 e. The minimum atomic E-state index is -3.76. The molecule has 1 aromatic rings. The van der Waals surface area contributed by atoms with E-state index < -0.39 is 10.2 Å². The lowest BCUT2D eigenvalue weighted by Gasteiger charge is -2.15. The number of fused-ring (bicyclic) bond motifs is 1. The number of nitrogens with one attached hydrogen (secondary N) is 1. The first kappa shape index (κ1) is 8.82. The summed E-state index contributed by atoms with van der Waals surface area (Å²) in [5.41, 5.74) is 5.84. The summed E-state index contributed by atoms with van der Waals surface area (Å²) in [4.78, 5) is 0. The Bertz CT molecular complexity index is 521. The standard InChI is InChI=1S/C7H7N3O3S/c8-7-6-4(2-1-3-5(6)11)9-14(12,13)10-7/h1-3,9,11H,(H2,8,10). The van der Waals surface area contributed by atoms with Crippen molar-refractivity contribution < 1.29 is 13.5 Å². The van der Waals surface area contributed by atoms with Crippen molar-refractivity contribution in [3.05, 3.63) is 23.8 Å². The van der Waals surface area contributed by atoms with Crippen LogP contribution in [0.2, 0.25) is 0 Å². The third-order valence-corrected chi connectivity index (χ3v) is 2.67. The Balaban J connectivity index is 2.74. The molecule has 1 aliphatic heterocycles. The Morgan fingerprint density at radius 1 is 1.43 bits per heavy atom. The quantitative estimate of drug-likeness (QED) is 0.553. The van der Waals surface area contributed by atoms with Gasteiger partial charge in [0.1, 0.15) is 5.75 Å². The summed E-state index contributed by atoms with van der Waals surface area (Å²) in [5.74, 6) is -0.317. The monoisotopic (exact) mass is 213 g/mol. The van der Waals surface area contributed by atoms with Crippen LogP contribution in [0.3, 0.4) is 0 Å². The van der Waals surface area contributed by atoms with Crippen molar-refractivity contribution in [1.82, 2.24) is 0 Å². The Hall–Kier alpha value is -1.76. The predicted octanol–water partition coefficient (Wildman–Crippen LogP) is -0.232. The number of phenolic OH excluding ortho intramolecular Hbond substituents is 1. The van der Waals surface area contributed by atoms with Crippen molar-refractivity contribution in [3.63, 3.8) is 0 Å². The molecule has 0 unspecified atom stereocenters. The molecule has 1 aromatic carbocycles. The van der Waals surface area contributed by atoms with Crippen LogP contribution in [0.5, 0.6) is 5.75 Å². The molecule has 1 heterocycles. The molecule has 6 nitrogen and oxygen atoms in total. The van der Waals surface area contributed by atoms with Gasteiger partial charge in [-0.15, -0.1) is 4.40 Å². The average molecular weight is 213 g/mol. The van der Waals surface area contributed by atoms with Gasteiger partial charge in [0, 0.05) is 0 Å². The van der Waals surface area contributed by atoms with Crippen molar-refractivity contribution in [2.45, 2.75) is 0 Å². The van der Waals surface area contributed by atoms with Crippen molar-refractivity contribution >= 4 is 21.7 Å². The van der Waals surface area contributed by atoms with Crippen LogP contribution in [-0.2, 0) is 10.2 Å². The topological polar surface area (TPSA) is 105 Å². The van der Waals surface area contributed by atoms with Crippen LogP contribution < -0.4 is 10.5 Å². The van der Waals surface area contributed by atoms with Crippen LogP contribution in [-0.4, -0.2) is 19.4 Å². The van der Waals surface area contributed by atoms with E-state index in [0.717, 1.165) is 0 Å². The normalized spacial score (nSPS) is 17.9.